The van der Waals surface area contributed by atoms with Crippen LogP contribution in [-0.4, -0.2) is 40.6 Å². The molecular weight excluding hydrogens is 228 g/mol. The number of aromatic nitrogens is 1. The molecule has 1 aliphatic rings. The summed E-state index contributed by atoms with van der Waals surface area (Å²) in [6.07, 6.45) is 5.77. The third-order valence-corrected chi connectivity index (χ3v) is 2.93. The molecule has 1 N–H and O–H groups in total. The van der Waals surface area contributed by atoms with Gasteiger partial charge in [-0.25, -0.2) is 0 Å². The minimum Gasteiger partial charge on any atom is -0.395 e. The maximum absolute atomic E-state index is 12.3. The first-order valence-electron chi connectivity index (χ1n) is 6.05. The fourth-order valence-corrected chi connectivity index (χ4v) is 1.71. The molecule has 0 bridgehead atoms. The molecule has 0 aromatic carbocycles. The maximum atomic E-state index is 12.3. The van der Waals surface area contributed by atoms with Crippen LogP contribution in [0.5, 0.6) is 0 Å². The first-order valence-corrected chi connectivity index (χ1v) is 6.05. The third-order valence-electron chi connectivity index (χ3n) is 2.93. The number of aliphatic hydroxyl groups is 1. The molecule has 0 aliphatic heterocycles. The summed E-state index contributed by atoms with van der Waals surface area (Å²) in [6, 6.07) is 2.08. The van der Waals surface area contributed by atoms with Gasteiger partial charge in [-0.15, -0.1) is 0 Å². The Morgan fingerprint density at radius 3 is 3.06 bits per heavy atom. The van der Waals surface area contributed by atoms with Crippen LogP contribution in [0.1, 0.15) is 35.2 Å². The zero-order valence-electron chi connectivity index (χ0n) is 10.4. The van der Waals surface area contributed by atoms with Crippen LogP contribution in [0.2, 0.25) is 0 Å². The number of pyridine rings is 1. The number of carbonyl (C=O) groups excluding carboxylic acids is 1. The molecule has 0 unspecified atom stereocenters. The number of amides is 1. The van der Waals surface area contributed by atoms with Gasteiger partial charge in [0.25, 0.3) is 5.91 Å². The van der Waals surface area contributed by atoms with Crippen molar-refractivity contribution in [3.8, 4) is 11.8 Å². The monoisotopic (exact) mass is 244 g/mol. The lowest BCUT2D eigenvalue weighted by atomic mass is 10.1. The second-order valence-electron chi connectivity index (χ2n) is 4.34. The topological polar surface area (TPSA) is 53.4 Å². The molecule has 18 heavy (non-hydrogen) atoms. The fourth-order valence-electron chi connectivity index (χ4n) is 1.71. The van der Waals surface area contributed by atoms with Crippen LogP contribution in [0.3, 0.4) is 0 Å². The van der Waals surface area contributed by atoms with E-state index in [4.69, 9.17) is 5.11 Å². The van der Waals surface area contributed by atoms with Crippen molar-refractivity contribution < 1.29 is 9.90 Å². The molecule has 1 aromatic heterocycles. The molecule has 1 aliphatic carbocycles. The summed E-state index contributed by atoms with van der Waals surface area (Å²) >= 11 is 0. The molecule has 1 heterocycles. The van der Waals surface area contributed by atoms with Gasteiger partial charge in [-0.05, 0) is 18.9 Å². The molecule has 0 saturated heterocycles. The van der Waals surface area contributed by atoms with Gasteiger partial charge < -0.3 is 10.0 Å². The quantitative estimate of drug-likeness (QED) is 0.809. The lowest BCUT2D eigenvalue weighted by Gasteiger charge is -2.16. The molecule has 0 radical (unpaired) electrons. The standard InChI is InChI=1S/C14H16N2O2/c1-16(12-5-6-12)14(18)13-7-8-15-10-11(13)4-2-3-9-17/h7-8,10,12,17H,3,5-6,9H2,1H3. The van der Waals surface area contributed by atoms with E-state index in [0.29, 0.717) is 23.6 Å². The van der Waals surface area contributed by atoms with Gasteiger partial charge >= 0.3 is 0 Å². The number of carbonyl (C=O) groups is 1. The van der Waals surface area contributed by atoms with E-state index >= 15 is 0 Å². The number of hydrogen-bond acceptors (Lipinski definition) is 3. The Morgan fingerprint density at radius 2 is 2.39 bits per heavy atom. The van der Waals surface area contributed by atoms with E-state index in [2.05, 4.69) is 16.8 Å². The molecule has 1 saturated carbocycles. The van der Waals surface area contributed by atoms with Crippen LogP contribution < -0.4 is 0 Å². The van der Waals surface area contributed by atoms with Crippen molar-refractivity contribution in [2.75, 3.05) is 13.7 Å². The first-order chi connectivity index (χ1) is 8.74. The number of hydrogen-bond donors (Lipinski definition) is 1. The molecule has 2 rings (SSSR count). The summed E-state index contributed by atoms with van der Waals surface area (Å²) < 4.78 is 0. The maximum Gasteiger partial charge on any atom is 0.255 e. The summed E-state index contributed by atoms with van der Waals surface area (Å²) in [4.78, 5) is 18.0. The molecule has 0 atom stereocenters. The molecule has 1 fully saturated rings. The van der Waals surface area contributed by atoms with Gasteiger partial charge in [0.2, 0.25) is 0 Å². The van der Waals surface area contributed by atoms with Crippen LogP contribution in [0, 0.1) is 11.8 Å². The van der Waals surface area contributed by atoms with Crippen molar-refractivity contribution in [2.24, 2.45) is 0 Å². The summed E-state index contributed by atoms with van der Waals surface area (Å²) in [5, 5.41) is 8.70. The molecule has 94 valence electrons. The second kappa shape index (κ2) is 5.65. The minimum atomic E-state index is -0.00630. The molecular formula is C14H16N2O2. The Morgan fingerprint density at radius 1 is 1.61 bits per heavy atom. The molecule has 1 amide bonds. The van der Waals surface area contributed by atoms with Crippen molar-refractivity contribution in [2.45, 2.75) is 25.3 Å². The lowest BCUT2D eigenvalue weighted by Crippen LogP contribution is -2.29. The highest BCUT2D eigenvalue weighted by Crippen LogP contribution is 2.27. The smallest absolute Gasteiger partial charge is 0.255 e. The number of aliphatic hydroxyl groups excluding tert-OH is 1. The summed E-state index contributed by atoms with van der Waals surface area (Å²) in [7, 11) is 1.82. The predicted octanol–water partition coefficient (Wildman–Crippen LogP) is 1.05. The largest absolute Gasteiger partial charge is 0.395 e. The molecule has 4 heteroatoms. The van der Waals surface area contributed by atoms with Gasteiger partial charge in [0.15, 0.2) is 0 Å². The van der Waals surface area contributed by atoms with Gasteiger partial charge in [0.05, 0.1) is 17.7 Å². The van der Waals surface area contributed by atoms with Gasteiger partial charge in [0.1, 0.15) is 0 Å². The fraction of sp³-hybridized carbons (Fsp3) is 0.429. The average Bonchev–Trinajstić information content (AvgIpc) is 3.22. The van der Waals surface area contributed by atoms with Crippen molar-refractivity contribution in [3.05, 3.63) is 29.6 Å². The van der Waals surface area contributed by atoms with Gasteiger partial charge in [0, 0.05) is 31.9 Å². The van der Waals surface area contributed by atoms with Crippen LogP contribution in [0.4, 0.5) is 0 Å². The normalized spacial score (nSPS) is 13.7. The Kier molecular flexibility index (Phi) is 3.96. The van der Waals surface area contributed by atoms with E-state index in [0.717, 1.165) is 12.8 Å². The van der Waals surface area contributed by atoms with Crippen LogP contribution in [0.15, 0.2) is 18.5 Å². The van der Waals surface area contributed by atoms with Crippen LogP contribution in [-0.2, 0) is 0 Å². The Hall–Kier alpha value is -1.86. The van der Waals surface area contributed by atoms with Gasteiger partial charge in [-0.2, -0.15) is 0 Å². The van der Waals surface area contributed by atoms with Crippen LogP contribution >= 0.6 is 0 Å². The van der Waals surface area contributed by atoms with E-state index in [1.807, 2.05) is 7.05 Å². The van der Waals surface area contributed by atoms with Crippen molar-refractivity contribution >= 4 is 5.91 Å². The van der Waals surface area contributed by atoms with Crippen molar-refractivity contribution in [1.82, 2.24) is 9.88 Å². The second-order valence-corrected chi connectivity index (χ2v) is 4.34. The van der Waals surface area contributed by atoms with Gasteiger partial charge in [-0.3, -0.25) is 9.78 Å². The first kappa shape index (κ1) is 12.6. The van der Waals surface area contributed by atoms with E-state index < -0.39 is 0 Å². The highest BCUT2D eigenvalue weighted by Gasteiger charge is 2.30. The lowest BCUT2D eigenvalue weighted by molar-refractivity contribution is 0.0784. The minimum absolute atomic E-state index is 0.00630. The zero-order chi connectivity index (χ0) is 13.0. The highest BCUT2D eigenvalue weighted by molar-refractivity contribution is 5.96. The Bertz CT molecular complexity index is 498. The van der Waals surface area contributed by atoms with Crippen LogP contribution in [0.25, 0.3) is 0 Å². The van der Waals surface area contributed by atoms with Crippen molar-refractivity contribution in [1.29, 1.82) is 0 Å². The summed E-state index contributed by atoms with van der Waals surface area (Å²) in [6.45, 7) is 0.0263. The molecule has 0 spiro atoms. The zero-order valence-corrected chi connectivity index (χ0v) is 10.4. The Labute approximate surface area is 107 Å². The van der Waals surface area contributed by atoms with Crippen molar-refractivity contribution in [3.63, 3.8) is 0 Å². The van der Waals surface area contributed by atoms with Gasteiger partial charge in [-0.1, -0.05) is 11.8 Å². The summed E-state index contributed by atoms with van der Waals surface area (Å²) in [5.41, 5.74) is 1.22. The molecule has 4 nitrogen and oxygen atoms in total. The van der Waals surface area contributed by atoms with E-state index in [-0.39, 0.29) is 12.5 Å². The number of rotatable bonds is 3. The van der Waals surface area contributed by atoms with E-state index in [1.54, 1.807) is 23.4 Å². The third kappa shape index (κ3) is 2.88. The Balaban J connectivity index is 2.21. The number of nitrogens with zero attached hydrogens (tertiary/aromatic N) is 2. The summed E-state index contributed by atoms with van der Waals surface area (Å²) in [5.74, 6) is 5.70. The van der Waals surface area contributed by atoms with E-state index in [9.17, 15) is 4.79 Å². The molecule has 1 aromatic rings. The highest BCUT2D eigenvalue weighted by atomic mass is 16.2. The predicted molar refractivity (Wildman–Crippen MR) is 67.9 cm³/mol. The SMILES string of the molecule is CN(C(=O)c1ccncc1C#CCCO)C1CC1. The van der Waals surface area contributed by atoms with E-state index in [1.165, 1.54) is 0 Å². The average molecular weight is 244 g/mol.